The summed E-state index contributed by atoms with van der Waals surface area (Å²) in [6, 6.07) is 19.1. The van der Waals surface area contributed by atoms with Gasteiger partial charge in [-0.25, -0.2) is 4.39 Å². The van der Waals surface area contributed by atoms with Gasteiger partial charge in [0.05, 0.1) is 5.69 Å². The molecular formula is C21H20FNO2. The highest BCUT2D eigenvalue weighted by Crippen LogP contribution is 2.26. The molecule has 0 spiro atoms. The zero-order chi connectivity index (χ0) is 17.5. The Morgan fingerprint density at radius 3 is 2.04 bits per heavy atom. The summed E-state index contributed by atoms with van der Waals surface area (Å²) in [5.74, 6) is 2.07. The highest BCUT2D eigenvalue weighted by Gasteiger charge is 2.02. The van der Waals surface area contributed by atoms with E-state index in [1.807, 2.05) is 36.5 Å². The molecule has 3 nitrogen and oxygen atoms in total. The molecule has 128 valence electrons. The predicted octanol–water partition coefficient (Wildman–Crippen LogP) is 5.45. The van der Waals surface area contributed by atoms with Crippen LogP contribution in [0.3, 0.4) is 0 Å². The van der Waals surface area contributed by atoms with Crippen molar-refractivity contribution >= 4 is 0 Å². The number of halogens is 1. The van der Waals surface area contributed by atoms with E-state index in [2.05, 4.69) is 18.0 Å². The van der Waals surface area contributed by atoms with Gasteiger partial charge in [0.15, 0.2) is 0 Å². The van der Waals surface area contributed by atoms with Gasteiger partial charge in [-0.2, -0.15) is 0 Å². The summed E-state index contributed by atoms with van der Waals surface area (Å²) >= 11 is 0. The van der Waals surface area contributed by atoms with E-state index in [1.165, 1.54) is 5.56 Å². The zero-order valence-corrected chi connectivity index (χ0v) is 14.1. The maximum atomic E-state index is 12.1. The van der Waals surface area contributed by atoms with Crippen LogP contribution in [0.2, 0.25) is 0 Å². The van der Waals surface area contributed by atoms with E-state index in [0.29, 0.717) is 11.5 Å². The average molecular weight is 337 g/mol. The number of alkyl halides is 1. The molecule has 3 rings (SSSR count). The summed E-state index contributed by atoms with van der Waals surface area (Å²) < 4.78 is 23.1. The fraction of sp³-hybridized carbons (Fsp3) is 0.190. The lowest BCUT2D eigenvalue weighted by Gasteiger charge is -2.08. The smallest absolute Gasteiger partial charge is 0.127 e. The van der Waals surface area contributed by atoms with E-state index in [9.17, 15) is 4.39 Å². The summed E-state index contributed by atoms with van der Waals surface area (Å²) in [6.45, 7) is 1.68. The SMILES string of the molecule is CCc1ccc(-c2ccc(Oc3ccc(OCCF)cc3)cc2)nc1. The zero-order valence-electron chi connectivity index (χ0n) is 14.1. The first-order valence-electron chi connectivity index (χ1n) is 8.30. The van der Waals surface area contributed by atoms with Crippen molar-refractivity contribution in [2.75, 3.05) is 13.3 Å². The van der Waals surface area contributed by atoms with Gasteiger partial charge in [0.25, 0.3) is 0 Å². The van der Waals surface area contributed by atoms with Crippen molar-refractivity contribution in [2.45, 2.75) is 13.3 Å². The van der Waals surface area contributed by atoms with Crippen molar-refractivity contribution in [3.05, 3.63) is 72.4 Å². The fourth-order valence-electron chi connectivity index (χ4n) is 2.39. The number of ether oxygens (including phenoxy) is 2. The monoisotopic (exact) mass is 337 g/mol. The predicted molar refractivity (Wildman–Crippen MR) is 97.0 cm³/mol. The van der Waals surface area contributed by atoms with Crippen molar-refractivity contribution in [3.8, 4) is 28.5 Å². The maximum absolute atomic E-state index is 12.1. The normalized spacial score (nSPS) is 10.5. The third-order valence-corrected chi connectivity index (χ3v) is 3.79. The molecule has 0 saturated carbocycles. The molecule has 0 unspecified atom stereocenters. The molecule has 2 aromatic carbocycles. The second-order valence-corrected chi connectivity index (χ2v) is 5.54. The van der Waals surface area contributed by atoms with E-state index in [4.69, 9.17) is 9.47 Å². The molecule has 0 radical (unpaired) electrons. The fourth-order valence-corrected chi connectivity index (χ4v) is 2.39. The molecule has 0 saturated heterocycles. The first-order chi connectivity index (χ1) is 12.3. The van der Waals surface area contributed by atoms with Gasteiger partial charge < -0.3 is 9.47 Å². The minimum absolute atomic E-state index is 0.0644. The van der Waals surface area contributed by atoms with Gasteiger partial charge >= 0.3 is 0 Å². The Labute approximate surface area is 147 Å². The molecule has 0 aliphatic heterocycles. The molecule has 4 heteroatoms. The number of benzene rings is 2. The summed E-state index contributed by atoms with van der Waals surface area (Å²) in [5.41, 5.74) is 3.21. The van der Waals surface area contributed by atoms with Crippen LogP contribution in [0.1, 0.15) is 12.5 Å². The highest BCUT2D eigenvalue weighted by atomic mass is 19.1. The molecular weight excluding hydrogens is 317 g/mol. The Balaban J connectivity index is 1.65. The van der Waals surface area contributed by atoms with Crippen LogP contribution in [0, 0.1) is 0 Å². The number of aryl methyl sites for hydroxylation is 1. The Morgan fingerprint density at radius 1 is 0.840 bits per heavy atom. The second-order valence-electron chi connectivity index (χ2n) is 5.54. The second kappa shape index (κ2) is 8.29. The number of nitrogens with zero attached hydrogens (tertiary/aromatic N) is 1. The van der Waals surface area contributed by atoms with Gasteiger partial charge in [-0.15, -0.1) is 0 Å². The Kier molecular flexibility index (Phi) is 5.62. The lowest BCUT2D eigenvalue weighted by atomic mass is 10.1. The first kappa shape index (κ1) is 17.0. The van der Waals surface area contributed by atoms with Crippen LogP contribution in [-0.2, 0) is 6.42 Å². The Morgan fingerprint density at radius 2 is 1.48 bits per heavy atom. The first-order valence-corrected chi connectivity index (χ1v) is 8.30. The molecule has 0 bridgehead atoms. The van der Waals surface area contributed by atoms with E-state index < -0.39 is 6.67 Å². The van der Waals surface area contributed by atoms with E-state index >= 15 is 0 Å². The van der Waals surface area contributed by atoms with Gasteiger partial charge in [0.2, 0.25) is 0 Å². The lowest BCUT2D eigenvalue weighted by Crippen LogP contribution is -1.98. The molecule has 1 heterocycles. The molecule has 0 atom stereocenters. The average Bonchev–Trinajstić information content (AvgIpc) is 2.68. The van der Waals surface area contributed by atoms with Crippen LogP contribution >= 0.6 is 0 Å². The Bertz CT molecular complexity index is 784. The summed E-state index contributed by atoms with van der Waals surface area (Å²) in [5, 5.41) is 0. The molecule has 0 fully saturated rings. The quantitative estimate of drug-likeness (QED) is 0.574. The van der Waals surface area contributed by atoms with Gasteiger partial charge in [-0.3, -0.25) is 4.98 Å². The maximum Gasteiger partial charge on any atom is 0.127 e. The molecule has 25 heavy (non-hydrogen) atoms. The number of aromatic nitrogens is 1. The third-order valence-electron chi connectivity index (χ3n) is 3.79. The number of hydrogen-bond acceptors (Lipinski definition) is 3. The Hall–Kier alpha value is -2.88. The minimum atomic E-state index is -0.499. The van der Waals surface area contributed by atoms with Crippen LogP contribution < -0.4 is 9.47 Å². The van der Waals surface area contributed by atoms with Crippen molar-refractivity contribution in [3.63, 3.8) is 0 Å². The van der Waals surface area contributed by atoms with Crippen LogP contribution in [-0.4, -0.2) is 18.3 Å². The van der Waals surface area contributed by atoms with Gasteiger partial charge in [0.1, 0.15) is 30.5 Å². The largest absolute Gasteiger partial charge is 0.491 e. The molecule has 0 aliphatic carbocycles. The van der Waals surface area contributed by atoms with Crippen LogP contribution in [0.4, 0.5) is 4.39 Å². The molecule has 3 aromatic rings. The summed E-state index contributed by atoms with van der Waals surface area (Å²) in [4.78, 5) is 4.49. The topological polar surface area (TPSA) is 31.4 Å². The van der Waals surface area contributed by atoms with Crippen molar-refractivity contribution < 1.29 is 13.9 Å². The number of pyridine rings is 1. The van der Waals surface area contributed by atoms with Crippen molar-refractivity contribution in [2.24, 2.45) is 0 Å². The molecule has 1 aromatic heterocycles. The van der Waals surface area contributed by atoms with Crippen LogP contribution in [0.5, 0.6) is 17.2 Å². The van der Waals surface area contributed by atoms with E-state index in [-0.39, 0.29) is 6.61 Å². The highest BCUT2D eigenvalue weighted by molar-refractivity contribution is 5.60. The number of hydrogen-bond donors (Lipinski definition) is 0. The van der Waals surface area contributed by atoms with E-state index in [0.717, 1.165) is 23.4 Å². The molecule has 0 aliphatic rings. The molecule has 0 N–H and O–H groups in total. The summed E-state index contributed by atoms with van der Waals surface area (Å²) in [7, 11) is 0. The lowest BCUT2D eigenvalue weighted by molar-refractivity contribution is 0.273. The van der Waals surface area contributed by atoms with Crippen molar-refractivity contribution in [1.29, 1.82) is 0 Å². The van der Waals surface area contributed by atoms with Crippen molar-refractivity contribution in [1.82, 2.24) is 4.98 Å². The minimum Gasteiger partial charge on any atom is -0.491 e. The standard InChI is InChI=1S/C21H20FNO2/c1-2-16-3-12-21(23-15-16)17-4-6-19(7-5-17)25-20-10-8-18(9-11-20)24-14-13-22/h3-12,15H,2,13-14H2,1H3. The van der Waals surface area contributed by atoms with E-state index in [1.54, 1.807) is 24.3 Å². The number of rotatable bonds is 7. The summed E-state index contributed by atoms with van der Waals surface area (Å²) in [6.07, 6.45) is 2.89. The van der Waals surface area contributed by atoms with Gasteiger partial charge in [-0.05, 0) is 66.6 Å². The van der Waals surface area contributed by atoms with Gasteiger partial charge in [-0.1, -0.05) is 13.0 Å². The third kappa shape index (κ3) is 4.57. The molecule has 0 amide bonds. The van der Waals surface area contributed by atoms with Crippen LogP contribution in [0.25, 0.3) is 11.3 Å². The van der Waals surface area contributed by atoms with Gasteiger partial charge in [0, 0.05) is 11.8 Å². The van der Waals surface area contributed by atoms with Crippen LogP contribution in [0.15, 0.2) is 66.9 Å².